The molecule has 2 aromatic carbocycles. The van der Waals surface area contributed by atoms with E-state index in [1.165, 1.54) is 20.4 Å². The lowest BCUT2D eigenvalue weighted by Gasteiger charge is -2.29. The minimum Gasteiger partial charge on any atom is -0.369 e. The van der Waals surface area contributed by atoms with E-state index in [4.69, 9.17) is 0 Å². The molecule has 1 aliphatic heterocycles. The fourth-order valence-electron chi connectivity index (χ4n) is 2.59. The lowest BCUT2D eigenvalue weighted by Crippen LogP contribution is -2.43. The van der Waals surface area contributed by atoms with Gasteiger partial charge in [0, 0.05) is 35.4 Å². The second-order valence-electron chi connectivity index (χ2n) is 5.21. The molecule has 1 aliphatic rings. The number of piperazine rings is 1. The SMILES string of the molecule is Ic1ccc(Cc2ccc(N3CCNCC3)cc2)cc1. The van der Waals surface area contributed by atoms with Crippen LogP contribution in [-0.4, -0.2) is 26.2 Å². The van der Waals surface area contributed by atoms with E-state index in [2.05, 4.69) is 81.3 Å². The van der Waals surface area contributed by atoms with Crippen LogP contribution in [0, 0.1) is 3.57 Å². The molecule has 0 aliphatic carbocycles. The molecule has 1 fully saturated rings. The van der Waals surface area contributed by atoms with E-state index >= 15 is 0 Å². The van der Waals surface area contributed by atoms with E-state index in [0.29, 0.717) is 0 Å². The first-order chi connectivity index (χ1) is 9.81. The summed E-state index contributed by atoms with van der Waals surface area (Å²) in [6, 6.07) is 17.8. The van der Waals surface area contributed by atoms with Gasteiger partial charge in [-0.15, -0.1) is 0 Å². The van der Waals surface area contributed by atoms with Gasteiger partial charge >= 0.3 is 0 Å². The molecule has 1 heterocycles. The van der Waals surface area contributed by atoms with Gasteiger partial charge in [-0.3, -0.25) is 0 Å². The summed E-state index contributed by atoms with van der Waals surface area (Å²) in [6.07, 6.45) is 1.01. The summed E-state index contributed by atoms with van der Waals surface area (Å²) in [4.78, 5) is 2.45. The van der Waals surface area contributed by atoms with Crippen LogP contribution >= 0.6 is 22.6 Å². The van der Waals surface area contributed by atoms with Crippen molar-refractivity contribution >= 4 is 28.3 Å². The van der Waals surface area contributed by atoms with Crippen LogP contribution in [0.25, 0.3) is 0 Å². The van der Waals surface area contributed by atoms with E-state index in [1.54, 1.807) is 0 Å². The molecular formula is C17H19IN2. The zero-order valence-corrected chi connectivity index (χ0v) is 13.6. The van der Waals surface area contributed by atoms with Gasteiger partial charge in [-0.1, -0.05) is 24.3 Å². The first-order valence-electron chi connectivity index (χ1n) is 7.10. The summed E-state index contributed by atoms with van der Waals surface area (Å²) in [6.45, 7) is 4.39. The van der Waals surface area contributed by atoms with E-state index in [0.717, 1.165) is 32.6 Å². The van der Waals surface area contributed by atoms with Crippen LogP contribution in [0.4, 0.5) is 5.69 Å². The Labute approximate surface area is 134 Å². The summed E-state index contributed by atoms with van der Waals surface area (Å²) in [7, 11) is 0. The lowest BCUT2D eigenvalue weighted by atomic mass is 10.0. The minimum absolute atomic E-state index is 1.01. The van der Waals surface area contributed by atoms with Gasteiger partial charge < -0.3 is 10.2 Å². The Kier molecular flexibility index (Phi) is 4.58. The highest BCUT2D eigenvalue weighted by molar-refractivity contribution is 14.1. The number of hydrogen-bond donors (Lipinski definition) is 1. The second kappa shape index (κ2) is 6.59. The van der Waals surface area contributed by atoms with Gasteiger partial charge in [0.15, 0.2) is 0 Å². The Balaban J connectivity index is 1.67. The normalized spacial score (nSPS) is 15.3. The molecule has 3 heteroatoms. The van der Waals surface area contributed by atoms with Crippen molar-refractivity contribution < 1.29 is 0 Å². The molecular weight excluding hydrogens is 359 g/mol. The monoisotopic (exact) mass is 378 g/mol. The van der Waals surface area contributed by atoms with Crippen LogP contribution in [0.5, 0.6) is 0 Å². The minimum atomic E-state index is 1.01. The maximum atomic E-state index is 3.39. The molecule has 2 aromatic rings. The average molecular weight is 378 g/mol. The van der Waals surface area contributed by atoms with Crippen molar-refractivity contribution in [2.24, 2.45) is 0 Å². The number of hydrogen-bond acceptors (Lipinski definition) is 2. The largest absolute Gasteiger partial charge is 0.369 e. The molecule has 0 saturated carbocycles. The third-order valence-electron chi connectivity index (χ3n) is 3.74. The fraction of sp³-hybridized carbons (Fsp3) is 0.294. The third kappa shape index (κ3) is 3.52. The van der Waals surface area contributed by atoms with Crippen LogP contribution in [-0.2, 0) is 6.42 Å². The van der Waals surface area contributed by atoms with E-state index in [-0.39, 0.29) is 0 Å². The van der Waals surface area contributed by atoms with Crippen molar-refractivity contribution in [3.63, 3.8) is 0 Å². The molecule has 0 unspecified atom stereocenters. The van der Waals surface area contributed by atoms with Crippen LogP contribution < -0.4 is 10.2 Å². The summed E-state index contributed by atoms with van der Waals surface area (Å²) >= 11 is 2.35. The zero-order chi connectivity index (χ0) is 13.8. The van der Waals surface area contributed by atoms with E-state index in [1.807, 2.05) is 0 Å². The second-order valence-corrected chi connectivity index (χ2v) is 6.45. The molecule has 20 heavy (non-hydrogen) atoms. The predicted molar refractivity (Wildman–Crippen MR) is 93.5 cm³/mol. The number of halogens is 1. The van der Waals surface area contributed by atoms with Gasteiger partial charge in [-0.05, 0) is 64.4 Å². The number of nitrogens with zero attached hydrogens (tertiary/aromatic N) is 1. The molecule has 0 amide bonds. The van der Waals surface area contributed by atoms with Crippen molar-refractivity contribution in [2.45, 2.75) is 6.42 Å². The summed E-state index contributed by atoms with van der Waals surface area (Å²) in [5.41, 5.74) is 4.10. The molecule has 0 atom stereocenters. The van der Waals surface area contributed by atoms with Gasteiger partial charge in [-0.25, -0.2) is 0 Å². The third-order valence-corrected chi connectivity index (χ3v) is 4.46. The van der Waals surface area contributed by atoms with Gasteiger partial charge in [0.2, 0.25) is 0 Å². The first kappa shape index (κ1) is 13.9. The quantitative estimate of drug-likeness (QED) is 0.825. The van der Waals surface area contributed by atoms with Crippen molar-refractivity contribution in [3.05, 3.63) is 63.2 Å². The zero-order valence-electron chi connectivity index (χ0n) is 11.5. The molecule has 104 valence electrons. The van der Waals surface area contributed by atoms with Gasteiger partial charge in [0.05, 0.1) is 0 Å². The maximum Gasteiger partial charge on any atom is 0.0367 e. The highest BCUT2D eigenvalue weighted by Crippen LogP contribution is 2.18. The van der Waals surface area contributed by atoms with Crippen molar-refractivity contribution in [3.8, 4) is 0 Å². The molecule has 2 nitrogen and oxygen atoms in total. The lowest BCUT2D eigenvalue weighted by molar-refractivity contribution is 0.589. The topological polar surface area (TPSA) is 15.3 Å². The van der Waals surface area contributed by atoms with Crippen molar-refractivity contribution in [2.75, 3.05) is 31.1 Å². The molecule has 0 aromatic heterocycles. The smallest absolute Gasteiger partial charge is 0.0367 e. The van der Waals surface area contributed by atoms with Gasteiger partial charge in [0.25, 0.3) is 0 Å². The Morgan fingerprint density at radius 1 is 0.850 bits per heavy atom. The first-order valence-corrected chi connectivity index (χ1v) is 8.18. The molecule has 0 bridgehead atoms. The Hall–Kier alpha value is -1.07. The molecule has 0 radical (unpaired) electrons. The highest BCUT2D eigenvalue weighted by Gasteiger charge is 2.09. The fourth-order valence-corrected chi connectivity index (χ4v) is 2.95. The molecule has 3 rings (SSSR count). The summed E-state index contributed by atoms with van der Waals surface area (Å²) < 4.78 is 1.29. The van der Waals surface area contributed by atoms with Gasteiger partial charge in [0.1, 0.15) is 0 Å². The van der Waals surface area contributed by atoms with Crippen LogP contribution in [0.3, 0.4) is 0 Å². The number of benzene rings is 2. The standard InChI is InChI=1S/C17H19IN2/c18-16-5-1-14(2-6-16)13-15-3-7-17(8-4-15)20-11-9-19-10-12-20/h1-8,19H,9-13H2. The van der Waals surface area contributed by atoms with Crippen molar-refractivity contribution in [1.29, 1.82) is 0 Å². The van der Waals surface area contributed by atoms with E-state index in [9.17, 15) is 0 Å². The Morgan fingerprint density at radius 3 is 2.00 bits per heavy atom. The maximum absolute atomic E-state index is 3.39. The van der Waals surface area contributed by atoms with E-state index < -0.39 is 0 Å². The summed E-state index contributed by atoms with van der Waals surface area (Å²) in [5.74, 6) is 0. The number of anilines is 1. The predicted octanol–water partition coefficient (Wildman–Crippen LogP) is 3.29. The van der Waals surface area contributed by atoms with Crippen molar-refractivity contribution in [1.82, 2.24) is 5.32 Å². The van der Waals surface area contributed by atoms with Crippen LogP contribution in [0.15, 0.2) is 48.5 Å². The van der Waals surface area contributed by atoms with Crippen LogP contribution in [0.1, 0.15) is 11.1 Å². The van der Waals surface area contributed by atoms with Crippen LogP contribution in [0.2, 0.25) is 0 Å². The Bertz CT molecular complexity index is 542. The molecule has 0 spiro atoms. The Morgan fingerprint density at radius 2 is 1.40 bits per heavy atom. The molecule has 1 N–H and O–H groups in total. The number of nitrogens with one attached hydrogen (secondary N) is 1. The average Bonchev–Trinajstić information content (AvgIpc) is 2.51. The highest BCUT2D eigenvalue weighted by atomic mass is 127. The van der Waals surface area contributed by atoms with Gasteiger partial charge in [-0.2, -0.15) is 0 Å². The summed E-state index contributed by atoms with van der Waals surface area (Å²) in [5, 5.41) is 3.39. The molecule has 1 saturated heterocycles. The number of rotatable bonds is 3.